The van der Waals surface area contributed by atoms with Gasteiger partial charge >= 0.3 is 5.69 Å². The van der Waals surface area contributed by atoms with Gasteiger partial charge in [0, 0.05) is 6.07 Å². The van der Waals surface area contributed by atoms with E-state index in [0.717, 1.165) is 4.68 Å². The van der Waals surface area contributed by atoms with Gasteiger partial charge in [0.25, 0.3) is 0 Å². The monoisotopic (exact) mass is 451 g/mol. The second-order valence-corrected chi connectivity index (χ2v) is 7.27. The van der Waals surface area contributed by atoms with E-state index in [9.17, 15) is 13.6 Å². The molecular weight excluding hydrogens is 436 g/mol. The van der Waals surface area contributed by atoms with Gasteiger partial charge in [-0.25, -0.2) is 13.6 Å². The number of benzene rings is 3. The number of nitrogens with one attached hydrogen (secondary N) is 1. The summed E-state index contributed by atoms with van der Waals surface area (Å²) in [4.78, 5) is 15.0. The maximum absolute atomic E-state index is 14.2. The van der Waals surface area contributed by atoms with Crippen molar-refractivity contribution in [3.05, 3.63) is 98.4 Å². The Kier molecular flexibility index (Phi) is 5.80. The Morgan fingerprint density at radius 1 is 1.06 bits per heavy atom. The second-order valence-electron chi connectivity index (χ2n) is 6.86. The summed E-state index contributed by atoms with van der Waals surface area (Å²) in [5.41, 5.74) is 1.06. The van der Waals surface area contributed by atoms with Crippen LogP contribution in [0.25, 0.3) is 17.1 Å². The third-order valence-electron chi connectivity index (χ3n) is 4.77. The molecule has 0 amide bonds. The molecule has 1 aromatic heterocycles. The summed E-state index contributed by atoms with van der Waals surface area (Å²) in [5.74, 6) is 5.07. The summed E-state index contributed by atoms with van der Waals surface area (Å²) in [7, 11) is 1.45. The molecule has 0 aliphatic heterocycles. The smallest absolute Gasteiger partial charge is 0.348 e. The van der Waals surface area contributed by atoms with Crippen molar-refractivity contribution in [1.82, 2.24) is 14.8 Å². The van der Waals surface area contributed by atoms with Crippen LogP contribution in [0, 0.1) is 30.4 Å². The molecule has 8 heteroatoms. The zero-order valence-corrected chi connectivity index (χ0v) is 17.8. The fraction of sp³-hybridized carbons (Fsp3) is 0.0833. The molecule has 0 spiro atoms. The van der Waals surface area contributed by atoms with E-state index in [-0.39, 0.29) is 27.8 Å². The van der Waals surface area contributed by atoms with Gasteiger partial charge in [-0.2, -0.15) is 4.68 Å². The first kappa shape index (κ1) is 21.3. The Morgan fingerprint density at radius 3 is 2.56 bits per heavy atom. The van der Waals surface area contributed by atoms with Gasteiger partial charge in [-0.05, 0) is 42.8 Å². The van der Waals surface area contributed by atoms with Crippen LogP contribution in [0.15, 0.2) is 59.4 Å². The highest BCUT2D eigenvalue weighted by Gasteiger charge is 2.16. The van der Waals surface area contributed by atoms with Gasteiger partial charge in [-0.1, -0.05) is 41.6 Å². The molecule has 32 heavy (non-hydrogen) atoms. The van der Waals surface area contributed by atoms with Gasteiger partial charge in [0.15, 0.2) is 5.82 Å². The van der Waals surface area contributed by atoms with Gasteiger partial charge in [0.1, 0.15) is 17.4 Å². The number of aromatic nitrogens is 3. The van der Waals surface area contributed by atoms with Crippen LogP contribution in [0.3, 0.4) is 0 Å². The molecule has 0 saturated heterocycles. The third kappa shape index (κ3) is 4.01. The van der Waals surface area contributed by atoms with Crippen LogP contribution in [0.1, 0.15) is 16.7 Å². The first-order valence-electron chi connectivity index (χ1n) is 9.48. The molecule has 4 rings (SSSR count). The molecule has 0 radical (unpaired) electrons. The summed E-state index contributed by atoms with van der Waals surface area (Å²) in [6.07, 6.45) is 0. The van der Waals surface area contributed by atoms with E-state index in [0.29, 0.717) is 22.6 Å². The van der Waals surface area contributed by atoms with E-state index < -0.39 is 11.5 Å². The number of halogens is 3. The molecule has 3 aromatic carbocycles. The Hall–Kier alpha value is -3.89. The van der Waals surface area contributed by atoms with Gasteiger partial charge in [-0.15, -0.1) is 5.10 Å². The molecule has 0 aliphatic rings. The quantitative estimate of drug-likeness (QED) is 0.452. The van der Waals surface area contributed by atoms with E-state index in [2.05, 4.69) is 21.9 Å². The van der Waals surface area contributed by atoms with E-state index in [1.165, 1.54) is 25.3 Å². The molecule has 4 aromatic rings. The Morgan fingerprint density at radius 2 is 1.81 bits per heavy atom. The van der Waals surface area contributed by atoms with Crippen molar-refractivity contribution < 1.29 is 13.5 Å². The summed E-state index contributed by atoms with van der Waals surface area (Å²) in [5, 5.41) is 4.30. The minimum Gasteiger partial charge on any atom is -0.495 e. The molecule has 0 unspecified atom stereocenters. The number of hydrogen-bond acceptors (Lipinski definition) is 3. The molecule has 0 fully saturated rings. The van der Waals surface area contributed by atoms with Crippen molar-refractivity contribution in [3.63, 3.8) is 0 Å². The van der Waals surface area contributed by atoms with E-state index in [1.54, 1.807) is 43.3 Å². The van der Waals surface area contributed by atoms with E-state index in [4.69, 9.17) is 16.3 Å². The van der Waals surface area contributed by atoms with Crippen LogP contribution in [0.4, 0.5) is 8.78 Å². The van der Waals surface area contributed by atoms with E-state index >= 15 is 0 Å². The van der Waals surface area contributed by atoms with Gasteiger partial charge in [0.05, 0.1) is 34.5 Å². The number of rotatable bonds is 3. The first-order chi connectivity index (χ1) is 15.4. The van der Waals surface area contributed by atoms with Gasteiger partial charge in [0.2, 0.25) is 0 Å². The molecule has 0 bridgehead atoms. The van der Waals surface area contributed by atoms with Crippen molar-refractivity contribution in [2.75, 3.05) is 7.11 Å². The Balaban J connectivity index is 1.73. The van der Waals surface area contributed by atoms with Crippen LogP contribution in [0.5, 0.6) is 5.75 Å². The second kappa shape index (κ2) is 8.69. The molecule has 5 nitrogen and oxygen atoms in total. The largest absolute Gasteiger partial charge is 0.495 e. The topological polar surface area (TPSA) is 59.9 Å². The van der Waals surface area contributed by atoms with Gasteiger partial charge < -0.3 is 4.74 Å². The van der Waals surface area contributed by atoms with Crippen LogP contribution in [-0.4, -0.2) is 21.9 Å². The van der Waals surface area contributed by atoms with Crippen LogP contribution in [0.2, 0.25) is 5.02 Å². The highest BCUT2D eigenvalue weighted by atomic mass is 35.5. The normalized spacial score (nSPS) is 10.5. The Bertz CT molecular complexity index is 1430. The van der Waals surface area contributed by atoms with E-state index in [1.807, 2.05) is 0 Å². The predicted octanol–water partition coefficient (Wildman–Crippen LogP) is 4.88. The number of hydrogen-bond donors (Lipinski definition) is 1. The standard InChI is InChI=1S/C24H16ClF2N3O2/c1-14-5-3-6-16(22(14)27)10-9-15-11-12-17(13-20(15)32-2)30-24(31)28-23(29-30)21-18(25)7-4-8-19(21)26/h3-8,11-13H,1-2H3,(H,28,29,31). The lowest BCUT2D eigenvalue weighted by molar-refractivity contribution is 0.413. The van der Waals surface area contributed by atoms with Gasteiger partial charge in [-0.3, -0.25) is 4.98 Å². The number of ether oxygens (including phenoxy) is 1. The van der Waals surface area contributed by atoms with Crippen molar-refractivity contribution >= 4 is 11.6 Å². The summed E-state index contributed by atoms with van der Waals surface area (Å²) in [6.45, 7) is 1.67. The molecule has 0 atom stereocenters. The van der Waals surface area contributed by atoms with Crippen molar-refractivity contribution in [2.45, 2.75) is 6.92 Å². The SMILES string of the molecule is COc1cc(-n2nc(-c3c(F)cccc3Cl)[nH]c2=O)ccc1C#Cc1cccc(C)c1F. The maximum Gasteiger partial charge on any atom is 0.348 e. The zero-order valence-electron chi connectivity index (χ0n) is 17.0. The number of H-pyrrole nitrogens is 1. The average Bonchev–Trinajstić information content (AvgIpc) is 3.15. The highest BCUT2D eigenvalue weighted by molar-refractivity contribution is 6.33. The number of methoxy groups -OCH3 is 1. The fourth-order valence-electron chi connectivity index (χ4n) is 3.13. The van der Waals surface area contributed by atoms with Crippen molar-refractivity contribution in [3.8, 4) is 34.7 Å². The lowest BCUT2D eigenvalue weighted by atomic mass is 10.1. The predicted molar refractivity (Wildman–Crippen MR) is 118 cm³/mol. The summed E-state index contributed by atoms with van der Waals surface area (Å²) < 4.78 is 34.9. The fourth-order valence-corrected chi connectivity index (χ4v) is 3.38. The van der Waals surface area contributed by atoms with Crippen molar-refractivity contribution in [1.29, 1.82) is 0 Å². The van der Waals surface area contributed by atoms with Crippen LogP contribution in [-0.2, 0) is 0 Å². The van der Waals surface area contributed by atoms with Crippen LogP contribution < -0.4 is 10.4 Å². The Labute approximate surface area is 187 Å². The minimum atomic E-state index is -0.606. The summed E-state index contributed by atoms with van der Waals surface area (Å²) >= 11 is 6.07. The lowest BCUT2D eigenvalue weighted by Gasteiger charge is -2.06. The molecule has 1 N–H and O–H groups in total. The maximum atomic E-state index is 14.2. The minimum absolute atomic E-state index is 0.000324. The number of aromatic amines is 1. The highest BCUT2D eigenvalue weighted by Crippen LogP contribution is 2.28. The summed E-state index contributed by atoms with van der Waals surface area (Å²) in [6, 6.07) is 14.0. The third-order valence-corrected chi connectivity index (χ3v) is 5.09. The molecule has 0 saturated carbocycles. The number of nitrogens with zero attached hydrogens (tertiary/aromatic N) is 2. The zero-order chi connectivity index (χ0) is 22.8. The molecule has 160 valence electrons. The van der Waals surface area contributed by atoms with Crippen molar-refractivity contribution in [2.24, 2.45) is 0 Å². The molecule has 0 aliphatic carbocycles. The number of aryl methyl sites for hydroxylation is 1. The molecular formula is C24H16ClF2N3O2. The van der Waals surface area contributed by atoms with Crippen LogP contribution >= 0.6 is 11.6 Å². The lowest BCUT2D eigenvalue weighted by Crippen LogP contribution is -2.16. The molecule has 1 heterocycles. The first-order valence-corrected chi connectivity index (χ1v) is 9.86. The average molecular weight is 452 g/mol.